The van der Waals surface area contributed by atoms with E-state index in [1.54, 1.807) is 11.6 Å². The van der Waals surface area contributed by atoms with E-state index in [9.17, 15) is 10.1 Å². The van der Waals surface area contributed by atoms with Crippen LogP contribution in [-0.2, 0) is 6.54 Å². The number of halogens is 1. The summed E-state index contributed by atoms with van der Waals surface area (Å²) in [7, 11) is 0. The average Bonchev–Trinajstić information content (AvgIpc) is 2.90. The Kier molecular flexibility index (Phi) is 4.29. The molecule has 0 aromatic carbocycles. The van der Waals surface area contributed by atoms with Crippen LogP contribution in [0.2, 0.25) is 4.34 Å². The Morgan fingerprint density at radius 2 is 2.25 bits per heavy atom. The molecule has 0 spiro atoms. The van der Waals surface area contributed by atoms with Crippen LogP contribution in [0.15, 0.2) is 12.1 Å². The van der Waals surface area contributed by atoms with E-state index < -0.39 is 4.92 Å². The van der Waals surface area contributed by atoms with Crippen molar-refractivity contribution in [2.45, 2.75) is 33.4 Å². The lowest BCUT2D eigenvalue weighted by Crippen LogP contribution is -2.10. The van der Waals surface area contributed by atoms with Crippen molar-refractivity contribution in [1.29, 1.82) is 0 Å². The van der Waals surface area contributed by atoms with Crippen LogP contribution in [0.25, 0.3) is 0 Å². The number of aromatic nitrogens is 2. The molecule has 0 atom stereocenters. The monoisotopic (exact) mass is 314 g/mol. The van der Waals surface area contributed by atoms with Crippen LogP contribution in [0.3, 0.4) is 0 Å². The maximum atomic E-state index is 11.2. The van der Waals surface area contributed by atoms with Crippen molar-refractivity contribution < 1.29 is 4.92 Å². The Morgan fingerprint density at radius 3 is 2.75 bits per heavy atom. The molecular weight excluding hydrogens is 300 g/mol. The highest BCUT2D eigenvalue weighted by Gasteiger charge is 2.26. The summed E-state index contributed by atoms with van der Waals surface area (Å²) in [4.78, 5) is 11.8. The van der Waals surface area contributed by atoms with Gasteiger partial charge in [-0.2, -0.15) is 5.10 Å². The van der Waals surface area contributed by atoms with Gasteiger partial charge >= 0.3 is 5.69 Å². The molecule has 108 valence electrons. The number of rotatable bonds is 5. The van der Waals surface area contributed by atoms with Gasteiger partial charge in [-0.3, -0.25) is 10.1 Å². The summed E-state index contributed by atoms with van der Waals surface area (Å²) in [5.74, 6) is 0.437. The third kappa shape index (κ3) is 2.94. The minimum atomic E-state index is -0.398. The number of thiophene rings is 1. The van der Waals surface area contributed by atoms with Gasteiger partial charge < -0.3 is 5.32 Å². The molecule has 8 heteroatoms. The number of hydrogen-bond donors (Lipinski definition) is 1. The number of anilines is 1. The molecule has 2 aromatic heterocycles. The summed E-state index contributed by atoms with van der Waals surface area (Å²) in [5, 5.41) is 18.5. The second-order valence-electron chi connectivity index (χ2n) is 4.64. The van der Waals surface area contributed by atoms with Gasteiger partial charge in [-0.05, 0) is 32.9 Å². The lowest BCUT2D eigenvalue weighted by Gasteiger charge is -2.11. The van der Waals surface area contributed by atoms with Gasteiger partial charge in [0.15, 0.2) is 0 Å². The first-order valence-electron chi connectivity index (χ1n) is 6.11. The molecule has 0 radical (unpaired) electrons. The Balaban J connectivity index is 2.31. The topological polar surface area (TPSA) is 73.0 Å². The number of hydrogen-bond acceptors (Lipinski definition) is 5. The molecule has 6 nitrogen and oxygen atoms in total. The molecule has 0 bridgehead atoms. The van der Waals surface area contributed by atoms with E-state index in [2.05, 4.69) is 10.4 Å². The third-order valence-corrected chi connectivity index (χ3v) is 4.02. The maximum Gasteiger partial charge on any atom is 0.333 e. The number of nitrogens with one attached hydrogen (secondary N) is 1. The third-order valence-electron chi connectivity index (χ3n) is 2.78. The molecule has 20 heavy (non-hydrogen) atoms. The zero-order valence-electron chi connectivity index (χ0n) is 11.4. The van der Waals surface area contributed by atoms with Crippen molar-refractivity contribution in [2.75, 3.05) is 5.32 Å². The summed E-state index contributed by atoms with van der Waals surface area (Å²) in [6.45, 7) is 5.99. The lowest BCUT2D eigenvalue weighted by molar-refractivity contribution is -0.384. The van der Waals surface area contributed by atoms with E-state index in [4.69, 9.17) is 11.6 Å². The van der Waals surface area contributed by atoms with Crippen molar-refractivity contribution in [3.05, 3.63) is 37.2 Å². The van der Waals surface area contributed by atoms with Crippen LogP contribution < -0.4 is 5.32 Å². The van der Waals surface area contributed by atoms with Crippen LogP contribution >= 0.6 is 22.9 Å². The normalized spacial score (nSPS) is 11.1. The fourth-order valence-electron chi connectivity index (χ4n) is 1.91. The van der Waals surface area contributed by atoms with Crippen molar-refractivity contribution in [1.82, 2.24) is 9.78 Å². The standard InChI is InChI=1S/C12H15ClN4O2S/c1-7(2)16-12(11(17(18)19)8(3)15-16)14-6-9-4-5-10(13)20-9/h4-5,7,14H,6H2,1-3H3. The highest BCUT2D eigenvalue weighted by molar-refractivity contribution is 7.16. The predicted octanol–water partition coefficient (Wildman–Crippen LogP) is 4.01. The molecule has 2 aromatic rings. The first-order valence-corrected chi connectivity index (χ1v) is 7.31. The van der Waals surface area contributed by atoms with Gasteiger partial charge in [0, 0.05) is 10.9 Å². The van der Waals surface area contributed by atoms with Gasteiger partial charge in [0.25, 0.3) is 0 Å². The highest BCUT2D eigenvalue weighted by atomic mass is 35.5. The second-order valence-corrected chi connectivity index (χ2v) is 6.44. The van der Waals surface area contributed by atoms with Crippen LogP contribution in [0.5, 0.6) is 0 Å². The molecule has 2 heterocycles. The Bertz CT molecular complexity index is 635. The van der Waals surface area contributed by atoms with E-state index in [1.807, 2.05) is 26.0 Å². The van der Waals surface area contributed by atoms with Crippen LogP contribution in [0.4, 0.5) is 11.5 Å². The Hall–Kier alpha value is -1.60. The highest BCUT2D eigenvalue weighted by Crippen LogP contribution is 2.31. The summed E-state index contributed by atoms with van der Waals surface area (Å²) in [6.07, 6.45) is 0. The van der Waals surface area contributed by atoms with E-state index in [1.165, 1.54) is 11.3 Å². The van der Waals surface area contributed by atoms with E-state index in [0.717, 1.165) is 4.88 Å². The predicted molar refractivity (Wildman–Crippen MR) is 80.7 cm³/mol. The minimum Gasteiger partial charge on any atom is -0.360 e. The van der Waals surface area contributed by atoms with E-state index in [0.29, 0.717) is 22.4 Å². The van der Waals surface area contributed by atoms with Crippen molar-refractivity contribution in [2.24, 2.45) is 0 Å². The van der Waals surface area contributed by atoms with Crippen LogP contribution in [0, 0.1) is 17.0 Å². The molecular formula is C12H15ClN4O2S. The Labute approximate surface area is 125 Å². The van der Waals surface area contributed by atoms with Crippen molar-refractivity contribution in [3.63, 3.8) is 0 Å². The minimum absolute atomic E-state index is 0.0290. The largest absolute Gasteiger partial charge is 0.360 e. The van der Waals surface area contributed by atoms with Crippen LogP contribution in [0.1, 0.15) is 30.5 Å². The molecule has 0 amide bonds. The van der Waals surface area contributed by atoms with Gasteiger partial charge in [-0.1, -0.05) is 11.6 Å². The van der Waals surface area contributed by atoms with Gasteiger partial charge in [-0.15, -0.1) is 11.3 Å². The zero-order chi connectivity index (χ0) is 14.9. The molecule has 2 rings (SSSR count). The van der Waals surface area contributed by atoms with Crippen molar-refractivity contribution in [3.8, 4) is 0 Å². The molecule has 0 fully saturated rings. The Morgan fingerprint density at radius 1 is 1.55 bits per heavy atom. The number of nitro groups is 1. The summed E-state index contributed by atoms with van der Waals surface area (Å²) in [5.41, 5.74) is 0.441. The summed E-state index contributed by atoms with van der Waals surface area (Å²) in [6, 6.07) is 3.74. The van der Waals surface area contributed by atoms with Crippen LogP contribution in [-0.4, -0.2) is 14.7 Å². The first kappa shape index (κ1) is 14.8. The van der Waals surface area contributed by atoms with E-state index >= 15 is 0 Å². The summed E-state index contributed by atoms with van der Waals surface area (Å²) >= 11 is 7.32. The molecule has 1 N–H and O–H groups in total. The van der Waals surface area contributed by atoms with Gasteiger partial charge in [0.2, 0.25) is 5.82 Å². The van der Waals surface area contributed by atoms with Gasteiger partial charge in [0.05, 0.1) is 15.8 Å². The maximum absolute atomic E-state index is 11.2. The molecule has 0 aliphatic rings. The molecule has 0 unspecified atom stereocenters. The zero-order valence-corrected chi connectivity index (χ0v) is 13.0. The second kappa shape index (κ2) is 5.80. The quantitative estimate of drug-likeness (QED) is 0.668. The SMILES string of the molecule is Cc1nn(C(C)C)c(NCc2ccc(Cl)s2)c1[N+](=O)[O-]. The number of nitrogens with zero attached hydrogens (tertiary/aromatic N) is 3. The molecule has 0 aliphatic heterocycles. The van der Waals surface area contributed by atoms with Gasteiger partial charge in [-0.25, -0.2) is 4.68 Å². The molecule has 0 saturated carbocycles. The fraction of sp³-hybridized carbons (Fsp3) is 0.417. The average molecular weight is 315 g/mol. The first-order chi connectivity index (χ1) is 9.40. The fourth-order valence-corrected chi connectivity index (χ4v) is 2.94. The molecule has 0 aliphatic carbocycles. The smallest absolute Gasteiger partial charge is 0.333 e. The van der Waals surface area contributed by atoms with E-state index in [-0.39, 0.29) is 11.7 Å². The number of aryl methyl sites for hydroxylation is 1. The lowest BCUT2D eigenvalue weighted by atomic mass is 10.3. The van der Waals surface area contributed by atoms with Gasteiger partial charge in [0.1, 0.15) is 5.69 Å². The summed E-state index contributed by atoms with van der Waals surface area (Å²) < 4.78 is 2.34. The van der Waals surface area contributed by atoms with Crippen molar-refractivity contribution >= 4 is 34.4 Å². The molecule has 0 saturated heterocycles.